The highest BCUT2D eigenvalue weighted by atomic mass is 19.1. The van der Waals surface area contributed by atoms with Gasteiger partial charge in [0.25, 0.3) is 11.5 Å². The van der Waals surface area contributed by atoms with E-state index in [-0.39, 0.29) is 17.2 Å². The molecule has 0 saturated carbocycles. The van der Waals surface area contributed by atoms with E-state index in [4.69, 9.17) is 0 Å². The number of anilines is 1. The Kier molecular flexibility index (Phi) is 4.78. The number of nitrogens with zero attached hydrogens (tertiary/aromatic N) is 3. The molecule has 0 aliphatic carbocycles. The number of carbonyl (C=O) groups is 1. The molecule has 1 aliphatic rings. The molecule has 1 aromatic carbocycles. The number of hydrogen-bond acceptors (Lipinski definition) is 4. The summed E-state index contributed by atoms with van der Waals surface area (Å²) >= 11 is 0. The normalized spacial score (nSPS) is 17.4. The van der Waals surface area contributed by atoms with Crippen molar-refractivity contribution in [3.63, 3.8) is 0 Å². The summed E-state index contributed by atoms with van der Waals surface area (Å²) in [6.45, 7) is 1.03. The van der Waals surface area contributed by atoms with Gasteiger partial charge in [0.15, 0.2) is 5.82 Å². The quantitative estimate of drug-likeness (QED) is 0.912. The maximum absolute atomic E-state index is 13.7. The van der Waals surface area contributed by atoms with Gasteiger partial charge in [-0.25, -0.2) is 13.8 Å². The highest BCUT2D eigenvalue weighted by Gasteiger charge is 2.25. The number of amides is 1. The molecule has 1 amide bonds. The minimum absolute atomic E-state index is 0.217. The number of halogens is 2. The minimum Gasteiger partial charge on any atom is -0.350 e. The number of carbonyl (C=O) groups excluding carboxylic acids is 1. The number of aromatic nitrogens is 2. The van der Waals surface area contributed by atoms with Gasteiger partial charge in [0, 0.05) is 38.6 Å². The highest BCUT2D eigenvalue weighted by Crippen LogP contribution is 2.16. The van der Waals surface area contributed by atoms with Crippen molar-refractivity contribution in [1.82, 2.24) is 14.9 Å². The van der Waals surface area contributed by atoms with Gasteiger partial charge in [0.1, 0.15) is 11.6 Å². The summed E-state index contributed by atoms with van der Waals surface area (Å²) in [7, 11) is 1.64. The van der Waals surface area contributed by atoms with Crippen LogP contribution in [-0.2, 0) is 7.05 Å². The van der Waals surface area contributed by atoms with Gasteiger partial charge in [0.05, 0.1) is 5.56 Å². The Bertz CT molecular complexity index is 853. The molecule has 1 aliphatic heterocycles. The molecule has 1 aromatic heterocycles. The van der Waals surface area contributed by atoms with Crippen LogP contribution in [0.25, 0.3) is 0 Å². The van der Waals surface area contributed by atoms with E-state index in [1.54, 1.807) is 24.3 Å². The second kappa shape index (κ2) is 7.00. The average molecular weight is 348 g/mol. The fourth-order valence-electron chi connectivity index (χ4n) is 2.92. The number of benzene rings is 1. The smallest absolute Gasteiger partial charge is 0.293 e. The molecule has 3 rings (SSSR count). The van der Waals surface area contributed by atoms with Gasteiger partial charge < -0.3 is 14.8 Å². The Balaban J connectivity index is 1.73. The van der Waals surface area contributed by atoms with Gasteiger partial charge in [-0.2, -0.15) is 0 Å². The van der Waals surface area contributed by atoms with Crippen LogP contribution in [0.1, 0.15) is 23.2 Å². The fraction of sp³-hybridized carbons (Fsp3) is 0.353. The van der Waals surface area contributed by atoms with Crippen LogP contribution >= 0.6 is 0 Å². The van der Waals surface area contributed by atoms with E-state index in [9.17, 15) is 18.4 Å². The number of hydrogen-bond donors (Lipinski definition) is 1. The van der Waals surface area contributed by atoms with E-state index in [1.807, 2.05) is 0 Å². The monoisotopic (exact) mass is 348 g/mol. The second-order valence-electron chi connectivity index (χ2n) is 6.05. The zero-order valence-electron chi connectivity index (χ0n) is 13.7. The zero-order valence-corrected chi connectivity index (χ0v) is 13.7. The van der Waals surface area contributed by atoms with E-state index in [1.165, 1.54) is 4.57 Å². The second-order valence-corrected chi connectivity index (χ2v) is 6.05. The molecule has 1 N–H and O–H groups in total. The molecule has 25 heavy (non-hydrogen) atoms. The lowest BCUT2D eigenvalue weighted by atomic mass is 10.0. The first kappa shape index (κ1) is 17.1. The first-order chi connectivity index (χ1) is 12.0. The Morgan fingerprint density at radius 3 is 2.96 bits per heavy atom. The van der Waals surface area contributed by atoms with Gasteiger partial charge in [-0.15, -0.1) is 0 Å². The van der Waals surface area contributed by atoms with Crippen molar-refractivity contribution < 1.29 is 13.6 Å². The molecule has 0 radical (unpaired) electrons. The summed E-state index contributed by atoms with van der Waals surface area (Å²) in [6, 6.07) is 2.48. The molecule has 0 spiro atoms. The number of rotatable bonds is 3. The van der Waals surface area contributed by atoms with Crippen LogP contribution in [0.3, 0.4) is 0 Å². The molecule has 2 aromatic rings. The topological polar surface area (TPSA) is 67.2 Å². The third-order valence-corrected chi connectivity index (χ3v) is 4.23. The summed E-state index contributed by atoms with van der Waals surface area (Å²) in [6.07, 6.45) is 4.55. The van der Waals surface area contributed by atoms with Crippen molar-refractivity contribution in [3.05, 3.63) is 58.1 Å². The molecular formula is C17H18F2N4O2. The zero-order chi connectivity index (χ0) is 18.0. The lowest BCUT2D eigenvalue weighted by Crippen LogP contribution is -2.49. The third-order valence-electron chi connectivity index (χ3n) is 4.23. The van der Waals surface area contributed by atoms with Crippen LogP contribution < -0.4 is 15.8 Å². The summed E-state index contributed by atoms with van der Waals surface area (Å²) < 4.78 is 28.4. The molecule has 0 bridgehead atoms. The molecule has 1 saturated heterocycles. The van der Waals surface area contributed by atoms with E-state index in [0.29, 0.717) is 25.3 Å². The van der Waals surface area contributed by atoms with Crippen LogP contribution in [-0.4, -0.2) is 34.6 Å². The van der Waals surface area contributed by atoms with Crippen molar-refractivity contribution in [2.45, 2.75) is 18.9 Å². The lowest BCUT2D eigenvalue weighted by molar-refractivity contribution is 0.0928. The molecule has 1 atom stereocenters. The van der Waals surface area contributed by atoms with E-state index in [2.05, 4.69) is 10.3 Å². The Hall–Kier alpha value is -2.77. The molecule has 6 nitrogen and oxygen atoms in total. The third kappa shape index (κ3) is 3.67. The van der Waals surface area contributed by atoms with Crippen molar-refractivity contribution in [2.24, 2.45) is 7.05 Å². The van der Waals surface area contributed by atoms with E-state index < -0.39 is 17.5 Å². The van der Waals surface area contributed by atoms with E-state index in [0.717, 1.165) is 24.6 Å². The van der Waals surface area contributed by atoms with Crippen LogP contribution in [0, 0.1) is 11.6 Å². The van der Waals surface area contributed by atoms with Crippen LogP contribution in [0.5, 0.6) is 0 Å². The molecular weight excluding hydrogens is 330 g/mol. The fourth-order valence-corrected chi connectivity index (χ4v) is 2.92. The van der Waals surface area contributed by atoms with Crippen molar-refractivity contribution >= 4 is 11.7 Å². The largest absolute Gasteiger partial charge is 0.350 e. The van der Waals surface area contributed by atoms with Crippen LogP contribution in [0.15, 0.2) is 35.4 Å². The first-order valence-corrected chi connectivity index (χ1v) is 7.98. The summed E-state index contributed by atoms with van der Waals surface area (Å²) in [4.78, 5) is 30.3. The van der Waals surface area contributed by atoms with E-state index >= 15 is 0 Å². The van der Waals surface area contributed by atoms with Gasteiger partial charge >= 0.3 is 0 Å². The Labute approximate surface area is 143 Å². The maximum Gasteiger partial charge on any atom is 0.293 e. The Morgan fingerprint density at radius 2 is 2.16 bits per heavy atom. The van der Waals surface area contributed by atoms with Gasteiger partial charge in [-0.05, 0) is 31.0 Å². The molecule has 8 heteroatoms. The van der Waals surface area contributed by atoms with Crippen molar-refractivity contribution in [1.29, 1.82) is 0 Å². The number of aryl methyl sites for hydroxylation is 1. The molecule has 1 fully saturated rings. The van der Waals surface area contributed by atoms with Crippen LogP contribution in [0.4, 0.5) is 14.6 Å². The van der Waals surface area contributed by atoms with Crippen molar-refractivity contribution in [3.8, 4) is 0 Å². The maximum atomic E-state index is 13.7. The number of nitrogens with one attached hydrogen (secondary N) is 1. The highest BCUT2D eigenvalue weighted by molar-refractivity contribution is 5.94. The van der Waals surface area contributed by atoms with Gasteiger partial charge in [0.2, 0.25) is 0 Å². The predicted molar refractivity (Wildman–Crippen MR) is 88.5 cm³/mol. The Morgan fingerprint density at radius 1 is 1.36 bits per heavy atom. The first-order valence-electron chi connectivity index (χ1n) is 7.98. The summed E-state index contributed by atoms with van der Waals surface area (Å²) in [5, 5.41) is 2.71. The summed E-state index contributed by atoms with van der Waals surface area (Å²) in [5.41, 5.74) is -0.545. The predicted octanol–water partition coefficient (Wildman–Crippen LogP) is 1.46. The van der Waals surface area contributed by atoms with Gasteiger partial charge in [-0.1, -0.05) is 0 Å². The van der Waals surface area contributed by atoms with Gasteiger partial charge in [-0.3, -0.25) is 9.59 Å². The lowest BCUT2D eigenvalue weighted by Gasteiger charge is -2.33. The SMILES string of the molecule is Cn1ccnc(N2CCC[C@@H](NC(=O)c3cc(F)ccc3F)C2)c1=O. The molecule has 132 valence electrons. The van der Waals surface area contributed by atoms with Crippen molar-refractivity contribution in [2.75, 3.05) is 18.0 Å². The minimum atomic E-state index is -0.773. The standard InChI is InChI=1S/C17H18F2N4O2/c1-22-8-6-20-15(17(22)25)23-7-2-3-12(10-23)21-16(24)13-9-11(18)4-5-14(13)19/h4-6,8-9,12H,2-3,7,10H2,1H3,(H,21,24)/t12-/m1/s1. The molecule has 2 heterocycles. The van der Waals surface area contributed by atoms with Crippen LogP contribution in [0.2, 0.25) is 0 Å². The summed E-state index contributed by atoms with van der Waals surface area (Å²) in [5.74, 6) is -1.79. The molecule has 0 unspecified atom stereocenters. The average Bonchev–Trinajstić information content (AvgIpc) is 2.59. The number of piperidine rings is 1.